The number of hydrogen-bond donors (Lipinski definition) is 1. The Kier molecular flexibility index (Phi) is 6.48. The summed E-state index contributed by atoms with van der Waals surface area (Å²) in [5.41, 5.74) is 5.70. The third-order valence-corrected chi connectivity index (χ3v) is 4.19. The van der Waals surface area contributed by atoms with E-state index >= 15 is 0 Å². The van der Waals surface area contributed by atoms with Gasteiger partial charge in [-0.2, -0.15) is 0 Å². The molecule has 0 spiro atoms. The zero-order chi connectivity index (χ0) is 15.3. The molecular weight excluding hydrogens is 274 g/mol. The van der Waals surface area contributed by atoms with Gasteiger partial charge in [0.2, 0.25) is 5.91 Å². The van der Waals surface area contributed by atoms with Crippen LogP contribution in [-0.2, 0) is 17.9 Å². The van der Waals surface area contributed by atoms with E-state index in [1.807, 2.05) is 11.5 Å². The van der Waals surface area contributed by atoms with Gasteiger partial charge in [-0.3, -0.25) is 4.79 Å². The largest absolute Gasteiger partial charge is 0.348 e. The quantitative estimate of drug-likeness (QED) is 0.769. The van der Waals surface area contributed by atoms with Crippen LogP contribution in [0.4, 0.5) is 0 Å². The number of hydrogen-bond acceptors (Lipinski definition) is 5. The first kappa shape index (κ1) is 17.0. The number of carbonyl (C=O) groups excluding carboxylic acids is 1. The number of nitrogens with two attached hydrogens (primary N) is 1. The molecule has 6 nitrogen and oxygen atoms in total. The molecule has 7 heteroatoms. The van der Waals surface area contributed by atoms with Gasteiger partial charge in [0.15, 0.2) is 5.16 Å². The SMILES string of the molecule is CC[C@@H](Sc1nnc(CN)n1CC(C)C)C(=O)N(C)C. The zero-order valence-electron chi connectivity index (χ0n) is 13.0. The molecule has 0 saturated heterocycles. The lowest BCUT2D eigenvalue weighted by Gasteiger charge is -2.19. The van der Waals surface area contributed by atoms with Gasteiger partial charge in [0.05, 0.1) is 11.8 Å². The van der Waals surface area contributed by atoms with Crippen molar-refractivity contribution in [3.05, 3.63) is 5.82 Å². The molecule has 0 aliphatic rings. The van der Waals surface area contributed by atoms with Gasteiger partial charge in [-0.25, -0.2) is 0 Å². The van der Waals surface area contributed by atoms with Crippen molar-refractivity contribution in [2.24, 2.45) is 11.7 Å². The molecule has 1 heterocycles. The monoisotopic (exact) mass is 299 g/mol. The summed E-state index contributed by atoms with van der Waals surface area (Å²) >= 11 is 1.47. The minimum absolute atomic E-state index is 0.103. The van der Waals surface area contributed by atoms with Crippen molar-refractivity contribution in [3.63, 3.8) is 0 Å². The van der Waals surface area contributed by atoms with Gasteiger partial charge in [0, 0.05) is 20.6 Å². The van der Waals surface area contributed by atoms with Crippen molar-refractivity contribution >= 4 is 17.7 Å². The number of aromatic nitrogens is 3. The fraction of sp³-hybridized carbons (Fsp3) is 0.769. The van der Waals surface area contributed by atoms with Crippen LogP contribution in [0.2, 0.25) is 0 Å². The molecular formula is C13H25N5OS. The van der Waals surface area contributed by atoms with Gasteiger partial charge < -0.3 is 15.2 Å². The normalized spacial score (nSPS) is 12.8. The third kappa shape index (κ3) is 4.21. The van der Waals surface area contributed by atoms with Gasteiger partial charge in [0.25, 0.3) is 0 Å². The summed E-state index contributed by atoms with van der Waals surface area (Å²) in [6, 6.07) is 0. The van der Waals surface area contributed by atoms with Crippen LogP contribution in [0.5, 0.6) is 0 Å². The van der Waals surface area contributed by atoms with Crippen LogP contribution in [-0.4, -0.2) is 44.9 Å². The van der Waals surface area contributed by atoms with E-state index in [9.17, 15) is 4.79 Å². The second-order valence-corrected chi connectivity index (χ2v) is 6.52. The highest BCUT2D eigenvalue weighted by Crippen LogP contribution is 2.26. The Morgan fingerprint density at radius 2 is 2.05 bits per heavy atom. The Balaban J connectivity index is 2.95. The van der Waals surface area contributed by atoms with E-state index < -0.39 is 0 Å². The van der Waals surface area contributed by atoms with E-state index in [1.165, 1.54) is 11.8 Å². The van der Waals surface area contributed by atoms with Crippen molar-refractivity contribution in [1.29, 1.82) is 0 Å². The van der Waals surface area contributed by atoms with Gasteiger partial charge in [-0.1, -0.05) is 32.5 Å². The van der Waals surface area contributed by atoms with Crippen LogP contribution >= 0.6 is 11.8 Å². The van der Waals surface area contributed by atoms with Gasteiger partial charge in [-0.15, -0.1) is 10.2 Å². The highest BCUT2D eigenvalue weighted by Gasteiger charge is 2.23. The summed E-state index contributed by atoms with van der Waals surface area (Å²) < 4.78 is 2.03. The van der Waals surface area contributed by atoms with Crippen LogP contribution in [0.3, 0.4) is 0 Å². The summed E-state index contributed by atoms with van der Waals surface area (Å²) in [5, 5.41) is 8.96. The van der Waals surface area contributed by atoms with Crippen molar-refractivity contribution in [2.45, 2.75) is 50.7 Å². The molecule has 1 rings (SSSR count). The predicted octanol–water partition coefficient (Wildman–Crippen LogP) is 1.35. The minimum Gasteiger partial charge on any atom is -0.348 e. The molecule has 1 atom stereocenters. The second kappa shape index (κ2) is 7.64. The molecule has 0 unspecified atom stereocenters. The maximum atomic E-state index is 12.1. The molecule has 0 aliphatic heterocycles. The molecule has 1 amide bonds. The molecule has 114 valence electrons. The Morgan fingerprint density at radius 1 is 1.40 bits per heavy atom. The Hall–Kier alpha value is -1.08. The second-order valence-electron chi connectivity index (χ2n) is 5.35. The van der Waals surface area contributed by atoms with E-state index in [4.69, 9.17) is 5.73 Å². The Morgan fingerprint density at radius 3 is 2.50 bits per heavy atom. The Bertz CT molecular complexity index is 444. The summed E-state index contributed by atoms with van der Waals surface area (Å²) in [6.45, 7) is 7.45. The third-order valence-electron chi connectivity index (χ3n) is 2.86. The highest BCUT2D eigenvalue weighted by molar-refractivity contribution is 8.00. The first-order valence-corrected chi connectivity index (χ1v) is 7.78. The standard InChI is InChI=1S/C13H25N5OS/c1-6-10(12(19)17(4)5)20-13-16-15-11(7-14)18(13)8-9(2)3/h9-10H,6-8,14H2,1-5H3/t10-/m1/s1. The average Bonchev–Trinajstić information content (AvgIpc) is 2.76. The number of thioether (sulfide) groups is 1. The fourth-order valence-electron chi connectivity index (χ4n) is 1.83. The molecule has 2 N–H and O–H groups in total. The summed E-state index contributed by atoms with van der Waals surface area (Å²) in [5.74, 6) is 1.35. The van der Waals surface area contributed by atoms with Gasteiger partial charge in [-0.05, 0) is 12.3 Å². The number of nitrogens with zero attached hydrogens (tertiary/aromatic N) is 4. The van der Waals surface area contributed by atoms with Crippen molar-refractivity contribution < 1.29 is 4.79 Å². The topological polar surface area (TPSA) is 77.0 Å². The average molecular weight is 299 g/mol. The maximum absolute atomic E-state index is 12.1. The molecule has 0 saturated carbocycles. The molecule has 1 aromatic heterocycles. The molecule has 0 bridgehead atoms. The van der Waals surface area contributed by atoms with E-state index in [1.54, 1.807) is 19.0 Å². The lowest BCUT2D eigenvalue weighted by molar-refractivity contribution is -0.128. The van der Waals surface area contributed by atoms with E-state index in [0.29, 0.717) is 12.5 Å². The lowest BCUT2D eigenvalue weighted by Crippen LogP contribution is -2.31. The van der Waals surface area contributed by atoms with Crippen molar-refractivity contribution in [3.8, 4) is 0 Å². The summed E-state index contributed by atoms with van der Waals surface area (Å²) in [4.78, 5) is 13.7. The van der Waals surface area contributed by atoms with Crippen LogP contribution < -0.4 is 5.73 Å². The minimum atomic E-state index is -0.134. The zero-order valence-corrected chi connectivity index (χ0v) is 13.8. The number of amides is 1. The van der Waals surface area contributed by atoms with E-state index in [0.717, 1.165) is 23.9 Å². The van der Waals surface area contributed by atoms with Crippen molar-refractivity contribution in [2.75, 3.05) is 14.1 Å². The maximum Gasteiger partial charge on any atom is 0.235 e. The van der Waals surface area contributed by atoms with Crippen LogP contribution in [0.1, 0.15) is 33.0 Å². The molecule has 0 fully saturated rings. The molecule has 20 heavy (non-hydrogen) atoms. The van der Waals surface area contributed by atoms with Gasteiger partial charge >= 0.3 is 0 Å². The number of carbonyl (C=O) groups is 1. The van der Waals surface area contributed by atoms with Crippen molar-refractivity contribution in [1.82, 2.24) is 19.7 Å². The van der Waals surface area contributed by atoms with E-state index in [2.05, 4.69) is 24.0 Å². The van der Waals surface area contributed by atoms with Crippen LogP contribution in [0.15, 0.2) is 5.16 Å². The smallest absolute Gasteiger partial charge is 0.235 e. The molecule has 0 radical (unpaired) electrons. The van der Waals surface area contributed by atoms with E-state index in [-0.39, 0.29) is 11.2 Å². The summed E-state index contributed by atoms with van der Waals surface area (Å²) in [6.07, 6.45) is 0.758. The predicted molar refractivity (Wildman–Crippen MR) is 81.4 cm³/mol. The number of rotatable bonds is 7. The van der Waals surface area contributed by atoms with Crippen LogP contribution in [0, 0.1) is 5.92 Å². The highest BCUT2D eigenvalue weighted by atomic mass is 32.2. The molecule has 0 aliphatic carbocycles. The first-order valence-electron chi connectivity index (χ1n) is 6.90. The Labute approximate surface area is 125 Å². The lowest BCUT2D eigenvalue weighted by atomic mass is 10.2. The fourth-order valence-corrected chi connectivity index (χ4v) is 2.96. The molecule has 0 aromatic carbocycles. The van der Waals surface area contributed by atoms with Gasteiger partial charge in [0.1, 0.15) is 5.82 Å². The molecule has 1 aromatic rings. The van der Waals surface area contributed by atoms with Crippen LogP contribution in [0.25, 0.3) is 0 Å². The first-order chi connectivity index (χ1) is 9.40. The summed E-state index contributed by atoms with van der Waals surface area (Å²) in [7, 11) is 3.55.